The Morgan fingerprint density at radius 2 is 1.79 bits per heavy atom. The molecule has 4 nitrogen and oxygen atoms in total. The Morgan fingerprint density at radius 3 is 2.37 bits per heavy atom. The molecule has 0 aliphatic rings. The molecule has 0 spiro atoms. The predicted molar refractivity (Wildman–Crippen MR) is 77.5 cm³/mol. The van der Waals surface area contributed by atoms with Crippen LogP contribution in [0.4, 0.5) is 0 Å². The Kier molecular flexibility index (Phi) is 7.29. The summed E-state index contributed by atoms with van der Waals surface area (Å²) < 4.78 is 11.5. The van der Waals surface area contributed by atoms with E-state index in [-0.39, 0.29) is 0 Å². The predicted octanol–water partition coefficient (Wildman–Crippen LogP) is 2.13. The number of benzene rings is 1. The second-order valence-corrected chi connectivity index (χ2v) is 7.71. The molecule has 0 aromatic heterocycles. The van der Waals surface area contributed by atoms with Gasteiger partial charge in [-0.25, -0.2) is 9.79 Å². The van der Waals surface area contributed by atoms with E-state index in [1.54, 1.807) is 20.3 Å². The van der Waals surface area contributed by atoms with Crippen LogP contribution in [-0.4, -0.2) is 35.4 Å². The molecule has 1 aromatic rings. The van der Waals surface area contributed by atoms with Crippen LogP contribution in [0.15, 0.2) is 35.3 Å². The highest BCUT2D eigenvalue weighted by molar-refractivity contribution is 6.81. The lowest BCUT2D eigenvalue weighted by molar-refractivity contribution is 0.256. The van der Waals surface area contributed by atoms with Crippen LogP contribution in [0.2, 0.25) is 6.04 Å². The summed E-state index contributed by atoms with van der Waals surface area (Å²) in [4.78, 5) is 13.5. The Balaban J connectivity index is 2.55. The number of hydrogen-bond acceptors (Lipinski definition) is 4. The van der Waals surface area contributed by atoms with E-state index in [4.69, 9.17) is 8.85 Å². The standard InChI is InChI=1S/C14H21NO3Si/c1-17-19(18-2,14-9-5-3-6-10-14)12-8-4-7-11-15-13-16/h3,5-6,9-10H,4,7-8,11-12H2,1-2H3. The Morgan fingerprint density at radius 1 is 1.11 bits per heavy atom. The molecule has 1 aromatic carbocycles. The fourth-order valence-corrected chi connectivity index (χ4v) is 4.88. The van der Waals surface area contributed by atoms with Crippen molar-refractivity contribution in [2.24, 2.45) is 4.99 Å². The number of aliphatic imine (C=N–C) groups is 1. The Labute approximate surface area is 115 Å². The molecule has 0 aliphatic carbocycles. The van der Waals surface area contributed by atoms with Crippen LogP contribution in [0.1, 0.15) is 19.3 Å². The van der Waals surface area contributed by atoms with Gasteiger partial charge in [-0.2, -0.15) is 0 Å². The van der Waals surface area contributed by atoms with Gasteiger partial charge in [-0.1, -0.05) is 43.2 Å². The summed E-state index contributed by atoms with van der Waals surface area (Å²) in [7, 11) is 1.15. The third kappa shape index (κ3) is 4.72. The second kappa shape index (κ2) is 8.77. The lowest BCUT2D eigenvalue weighted by atomic mass is 10.2. The zero-order valence-corrected chi connectivity index (χ0v) is 12.6. The van der Waals surface area contributed by atoms with Crippen LogP contribution < -0.4 is 5.19 Å². The van der Waals surface area contributed by atoms with E-state index in [9.17, 15) is 4.79 Å². The zero-order chi connectivity index (χ0) is 14.0. The summed E-state index contributed by atoms with van der Waals surface area (Å²) in [5.41, 5.74) is 0. The van der Waals surface area contributed by atoms with Crippen LogP contribution in [0.5, 0.6) is 0 Å². The topological polar surface area (TPSA) is 47.9 Å². The summed E-state index contributed by atoms with van der Waals surface area (Å²) in [6.45, 7) is 0.559. The number of isocyanates is 1. The van der Waals surface area contributed by atoms with Crippen molar-refractivity contribution in [3.63, 3.8) is 0 Å². The van der Waals surface area contributed by atoms with Gasteiger partial charge in [0.15, 0.2) is 0 Å². The maximum Gasteiger partial charge on any atom is 0.371 e. The number of unbranched alkanes of at least 4 members (excludes halogenated alkanes) is 2. The molecular formula is C14H21NO3Si. The van der Waals surface area contributed by atoms with Crippen molar-refractivity contribution >= 4 is 19.8 Å². The minimum absolute atomic E-state index is 0.559. The van der Waals surface area contributed by atoms with Crippen molar-refractivity contribution in [1.82, 2.24) is 0 Å². The molecule has 0 amide bonds. The molecule has 0 radical (unpaired) electrons. The van der Waals surface area contributed by atoms with Gasteiger partial charge in [-0.05, 0) is 17.7 Å². The van der Waals surface area contributed by atoms with Gasteiger partial charge < -0.3 is 8.85 Å². The smallest absolute Gasteiger partial charge is 0.371 e. The highest BCUT2D eigenvalue weighted by Crippen LogP contribution is 2.17. The average molecular weight is 279 g/mol. The van der Waals surface area contributed by atoms with Crippen LogP contribution >= 0.6 is 0 Å². The van der Waals surface area contributed by atoms with Gasteiger partial charge in [0.05, 0.1) is 6.54 Å². The number of carbonyl (C=O) groups excluding carboxylic acids is 1. The van der Waals surface area contributed by atoms with Gasteiger partial charge >= 0.3 is 8.56 Å². The fourth-order valence-electron chi connectivity index (χ4n) is 2.13. The normalized spacial score (nSPS) is 11.1. The molecule has 5 heteroatoms. The molecule has 104 valence electrons. The number of rotatable bonds is 9. The number of nitrogens with zero attached hydrogens (tertiary/aromatic N) is 1. The van der Waals surface area contributed by atoms with Crippen molar-refractivity contribution in [2.75, 3.05) is 20.8 Å². The second-order valence-electron chi connectivity index (χ2n) is 4.31. The van der Waals surface area contributed by atoms with E-state index < -0.39 is 8.56 Å². The highest BCUT2D eigenvalue weighted by Gasteiger charge is 2.37. The number of hydrogen-bond donors (Lipinski definition) is 0. The molecule has 0 heterocycles. The molecule has 0 N–H and O–H groups in total. The van der Waals surface area contributed by atoms with Crippen molar-refractivity contribution < 1.29 is 13.6 Å². The maximum atomic E-state index is 9.95. The van der Waals surface area contributed by atoms with E-state index in [2.05, 4.69) is 17.1 Å². The van der Waals surface area contributed by atoms with Gasteiger partial charge in [0.2, 0.25) is 6.08 Å². The van der Waals surface area contributed by atoms with Gasteiger partial charge in [0.25, 0.3) is 0 Å². The third-order valence-corrected chi connectivity index (χ3v) is 6.76. The van der Waals surface area contributed by atoms with Gasteiger partial charge in [-0.3, -0.25) is 0 Å². The average Bonchev–Trinajstić information content (AvgIpc) is 2.48. The third-order valence-electron chi connectivity index (χ3n) is 3.21. The first kappa shape index (κ1) is 15.8. The van der Waals surface area contributed by atoms with Crippen molar-refractivity contribution in [1.29, 1.82) is 0 Å². The van der Waals surface area contributed by atoms with Gasteiger partial charge in [0.1, 0.15) is 0 Å². The van der Waals surface area contributed by atoms with Crippen LogP contribution in [0, 0.1) is 0 Å². The zero-order valence-electron chi connectivity index (χ0n) is 11.6. The maximum absolute atomic E-state index is 9.95. The van der Waals surface area contributed by atoms with Gasteiger partial charge in [-0.15, -0.1) is 0 Å². The highest BCUT2D eigenvalue weighted by atomic mass is 28.4. The molecular weight excluding hydrogens is 258 g/mol. The van der Waals surface area contributed by atoms with E-state index in [1.165, 1.54) is 0 Å². The monoisotopic (exact) mass is 279 g/mol. The van der Waals surface area contributed by atoms with Crippen LogP contribution in [0.25, 0.3) is 0 Å². The molecule has 19 heavy (non-hydrogen) atoms. The molecule has 0 aliphatic heterocycles. The quantitative estimate of drug-likeness (QED) is 0.301. The van der Waals surface area contributed by atoms with E-state index in [0.717, 1.165) is 30.5 Å². The summed E-state index contributed by atoms with van der Waals surface area (Å²) in [6, 6.07) is 11.0. The molecule has 0 bridgehead atoms. The van der Waals surface area contributed by atoms with E-state index in [1.807, 2.05) is 18.2 Å². The largest absolute Gasteiger partial charge is 0.394 e. The van der Waals surface area contributed by atoms with Gasteiger partial charge in [0, 0.05) is 14.2 Å². The Hall–Kier alpha value is -1.26. The van der Waals surface area contributed by atoms with E-state index in [0.29, 0.717) is 6.54 Å². The first-order valence-electron chi connectivity index (χ1n) is 6.48. The van der Waals surface area contributed by atoms with Crippen LogP contribution in [0.3, 0.4) is 0 Å². The summed E-state index contributed by atoms with van der Waals surface area (Å²) in [5.74, 6) is 0. The minimum atomic E-state index is -2.30. The van der Waals surface area contributed by atoms with E-state index >= 15 is 0 Å². The lowest BCUT2D eigenvalue weighted by Crippen LogP contribution is -2.52. The molecule has 0 saturated heterocycles. The summed E-state index contributed by atoms with van der Waals surface area (Å²) in [6.07, 6.45) is 4.49. The molecule has 0 unspecified atom stereocenters. The summed E-state index contributed by atoms with van der Waals surface area (Å²) in [5, 5.41) is 1.16. The van der Waals surface area contributed by atoms with Crippen molar-refractivity contribution in [3.05, 3.63) is 30.3 Å². The van der Waals surface area contributed by atoms with Crippen molar-refractivity contribution in [3.8, 4) is 0 Å². The first-order chi connectivity index (χ1) is 9.29. The molecule has 1 rings (SSSR count). The lowest BCUT2D eigenvalue weighted by Gasteiger charge is -2.27. The van der Waals surface area contributed by atoms with Crippen LogP contribution in [-0.2, 0) is 13.6 Å². The Bertz CT molecular complexity index is 400. The fraction of sp³-hybridized carbons (Fsp3) is 0.500. The molecule has 0 atom stereocenters. The SMILES string of the molecule is CO[Si](CCCCCN=C=O)(OC)c1ccccc1. The van der Waals surface area contributed by atoms with Crippen molar-refractivity contribution in [2.45, 2.75) is 25.3 Å². The minimum Gasteiger partial charge on any atom is -0.394 e. The summed E-state index contributed by atoms with van der Waals surface area (Å²) >= 11 is 0. The molecule has 0 fully saturated rings. The molecule has 0 saturated carbocycles. The first-order valence-corrected chi connectivity index (χ1v) is 8.51.